The summed E-state index contributed by atoms with van der Waals surface area (Å²) in [5.74, 6) is 1.39. The van der Waals surface area contributed by atoms with Crippen molar-refractivity contribution in [3.05, 3.63) is 36.3 Å². The van der Waals surface area contributed by atoms with E-state index in [9.17, 15) is 0 Å². The van der Waals surface area contributed by atoms with Gasteiger partial charge in [0.15, 0.2) is 0 Å². The van der Waals surface area contributed by atoms with Crippen molar-refractivity contribution in [1.82, 2.24) is 14.5 Å². The minimum atomic E-state index is 0.374. The summed E-state index contributed by atoms with van der Waals surface area (Å²) < 4.78 is 2.69. The fourth-order valence-corrected chi connectivity index (χ4v) is 3.91. The smallest absolute Gasteiger partial charge is 0.124 e. The van der Waals surface area contributed by atoms with Crippen LogP contribution in [0.15, 0.2) is 30.5 Å². The number of hydrogen-bond acceptors (Lipinski definition) is 3. The number of para-hydroxylation sites is 1. The molecule has 1 saturated carbocycles. The van der Waals surface area contributed by atoms with Gasteiger partial charge in [-0.3, -0.25) is 4.98 Å². The largest absolute Gasteiger partial charge is 0.325 e. The fraction of sp³-hybridized carbons (Fsp3) is 0.375. The second-order valence-corrected chi connectivity index (χ2v) is 7.19. The molecule has 1 fully saturated rings. The van der Waals surface area contributed by atoms with Gasteiger partial charge >= 0.3 is 0 Å². The number of pyridine rings is 1. The van der Waals surface area contributed by atoms with Crippen LogP contribution in [0, 0.1) is 0 Å². The molecule has 0 unspecified atom stereocenters. The van der Waals surface area contributed by atoms with Crippen LogP contribution in [0.5, 0.6) is 0 Å². The van der Waals surface area contributed by atoms with Crippen molar-refractivity contribution in [1.29, 1.82) is 0 Å². The summed E-state index contributed by atoms with van der Waals surface area (Å²) in [6.45, 7) is 0.987. The first kappa shape index (κ1) is 13.4. The lowest BCUT2D eigenvalue weighted by atomic mass is 10.2. The number of thioether (sulfide) groups is 1. The second kappa shape index (κ2) is 4.89. The van der Waals surface area contributed by atoms with E-state index in [-0.39, 0.29) is 0 Å². The predicted molar refractivity (Wildman–Crippen MR) is 90.1 cm³/mol. The summed E-state index contributed by atoms with van der Waals surface area (Å²) in [6.07, 6.45) is 6.62. The average Bonchev–Trinajstić information content (AvgIpc) is 3.22. The van der Waals surface area contributed by atoms with Crippen LogP contribution >= 0.6 is 23.4 Å². The second-order valence-electron chi connectivity index (χ2n) is 5.64. The third-order valence-corrected chi connectivity index (χ3v) is 6.01. The number of alkyl halides is 1. The summed E-state index contributed by atoms with van der Waals surface area (Å²) in [4.78, 5) is 9.19. The Morgan fingerprint density at radius 3 is 2.81 bits per heavy atom. The molecule has 0 spiro atoms. The number of benzene rings is 1. The predicted octanol–water partition coefficient (Wildman–Crippen LogP) is 4.22. The van der Waals surface area contributed by atoms with Crippen LogP contribution in [0.1, 0.15) is 18.7 Å². The lowest BCUT2D eigenvalue weighted by Crippen LogP contribution is -2.15. The van der Waals surface area contributed by atoms with Gasteiger partial charge in [0.1, 0.15) is 11.3 Å². The number of fused-ring (bicyclic) bond motifs is 3. The standard InChI is InChI=1S/C16H16ClN3S/c1-21-16(6-7-16)10-20-14(8-17)19-13-9-18-12-5-3-2-4-11(12)15(13)20/h2-5,9H,6-8,10H2,1H3. The molecular weight excluding hydrogens is 302 g/mol. The van der Waals surface area contributed by atoms with Crippen LogP contribution in [0.2, 0.25) is 0 Å². The van der Waals surface area contributed by atoms with Crippen molar-refractivity contribution < 1.29 is 0 Å². The lowest BCUT2D eigenvalue weighted by molar-refractivity contribution is 0.656. The molecule has 21 heavy (non-hydrogen) atoms. The molecule has 1 aliphatic rings. The van der Waals surface area contributed by atoms with E-state index in [1.807, 2.05) is 30.1 Å². The molecule has 108 valence electrons. The van der Waals surface area contributed by atoms with Crippen molar-refractivity contribution >= 4 is 45.3 Å². The van der Waals surface area contributed by atoms with Gasteiger partial charge in [0, 0.05) is 16.7 Å². The zero-order valence-corrected chi connectivity index (χ0v) is 13.4. The van der Waals surface area contributed by atoms with Gasteiger partial charge in [0.05, 0.1) is 23.1 Å². The van der Waals surface area contributed by atoms with E-state index in [4.69, 9.17) is 11.6 Å². The van der Waals surface area contributed by atoms with Crippen LogP contribution < -0.4 is 0 Å². The van der Waals surface area contributed by atoms with E-state index in [1.165, 1.54) is 18.4 Å². The minimum Gasteiger partial charge on any atom is -0.325 e. The Kier molecular flexibility index (Phi) is 3.12. The zero-order valence-electron chi connectivity index (χ0n) is 11.8. The molecule has 0 N–H and O–H groups in total. The first-order valence-electron chi connectivity index (χ1n) is 7.10. The number of halogens is 1. The van der Waals surface area contributed by atoms with Crippen LogP contribution in [-0.2, 0) is 12.4 Å². The van der Waals surface area contributed by atoms with Crippen molar-refractivity contribution in [3.8, 4) is 0 Å². The third-order valence-electron chi connectivity index (χ3n) is 4.37. The number of rotatable bonds is 4. The molecule has 0 amide bonds. The van der Waals surface area contributed by atoms with E-state index in [2.05, 4.69) is 32.9 Å². The number of hydrogen-bond donors (Lipinski definition) is 0. The highest BCUT2D eigenvalue weighted by Crippen LogP contribution is 2.49. The van der Waals surface area contributed by atoms with Crippen LogP contribution in [-0.4, -0.2) is 25.5 Å². The maximum absolute atomic E-state index is 6.14. The molecule has 0 radical (unpaired) electrons. The van der Waals surface area contributed by atoms with Crippen LogP contribution in [0.25, 0.3) is 21.9 Å². The average molecular weight is 318 g/mol. The topological polar surface area (TPSA) is 30.7 Å². The fourth-order valence-electron chi connectivity index (χ4n) is 2.94. The highest BCUT2D eigenvalue weighted by Gasteiger charge is 2.42. The van der Waals surface area contributed by atoms with E-state index in [1.54, 1.807) is 0 Å². The number of aromatic nitrogens is 3. The highest BCUT2D eigenvalue weighted by atomic mass is 35.5. The summed E-state index contributed by atoms with van der Waals surface area (Å²) in [5.41, 5.74) is 3.14. The van der Waals surface area contributed by atoms with E-state index >= 15 is 0 Å². The van der Waals surface area contributed by atoms with E-state index in [0.717, 1.165) is 28.8 Å². The Morgan fingerprint density at radius 2 is 2.10 bits per heavy atom. The van der Waals surface area contributed by atoms with Gasteiger partial charge in [0.2, 0.25) is 0 Å². The molecule has 3 aromatic rings. The molecular formula is C16H16ClN3S. The maximum atomic E-state index is 6.14. The summed E-state index contributed by atoms with van der Waals surface area (Å²) in [6, 6.07) is 8.25. The third kappa shape index (κ3) is 2.12. The molecule has 0 bridgehead atoms. The van der Waals surface area contributed by atoms with Gasteiger partial charge in [-0.15, -0.1) is 11.6 Å². The summed E-state index contributed by atoms with van der Waals surface area (Å²) in [5, 5.41) is 1.16. The minimum absolute atomic E-state index is 0.374. The molecule has 3 nitrogen and oxygen atoms in total. The Morgan fingerprint density at radius 1 is 1.29 bits per heavy atom. The molecule has 4 rings (SSSR count). The Labute approximate surface area is 132 Å². The van der Waals surface area contributed by atoms with Crippen molar-refractivity contribution in [2.75, 3.05) is 6.26 Å². The Hall–Kier alpha value is -1.26. The van der Waals surface area contributed by atoms with Gasteiger partial charge < -0.3 is 4.57 Å². The van der Waals surface area contributed by atoms with Crippen LogP contribution in [0.3, 0.4) is 0 Å². The van der Waals surface area contributed by atoms with Crippen LogP contribution in [0.4, 0.5) is 0 Å². The molecule has 1 aliphatic carbocycles. The Balaban J connectivity index is 1.99. The zero-order chi connectivity index (χ0) is 14.4. The molecule has 5 heteroatoms. The number of imidazole rings is 1. The monoisotopic (exact) mass is 317 g/mol. The van der Waals surface area contributed by atoms with E-state index in [0.29, 0.717) is 10.6 Å². The number of nitrogens with zero attached hydrogens (tertiary/aromatic N) is 3. The quantitative estimate of drug-likeness (QED) is 0.675. The Bertz CT molecular complexity index is 823. The van der Waals surface area contributed by atoms with Crippen molar-refractivity contribution in [2.24, 2.45) is 0 Å². The summed E-state index contributed by atoms with van der Waals surface area (Å²) in [7, 11) is 0. The van der Waals surface area contributed by atoms with Gasteiger partial charge in [0.25, 0.3) is 0 Å². The normalized spacial score (nSPS) is 16.7. The van der Waals surface area contributed by atoms with Gasteiger partial charge in [-0.1, -0.05) is 18.2 Å². The van der Waals surface area contributed by atoms with Crippen molar-refractivity contribution in [3.63, 3.8) is 0 Å². The SMILES string of the molecule is CSC1(Cn2c(CCl)nc3cnc4ccccc4c32)CC1. The molecule has 2 heterocycles. The molecule has 0 saturated heterocycles. The van der Waals surface area contributed by atoms with Crippen molar-refractivity contribution in [2.45, 2.75) is 30.0 Å². The van der Waals surface area contributed by atoms with E-state index < -0.39 is 0 Å². The van der Waals surface area contributed by atoms with Gasteiger partial charge in [-0.2, -0.15) is 11.8 Å². The van der Waals surface area contributed by atoms with Gasteiger partial charge in [-0.25, -0.2) is 4.98 Å². The highest BCUT2D eigenvalue weighted by molar-refractivity contribution is 8.00. The molecule has 0 aliphatic heterocycles. The molecule has 1 aromatic carbocycles. The summed E-state index contributed by atoms with van der Waals surface area (Å²) >= 11 is 8.10. The van der Waals surface area contributed by atoms with Gasteiger partial charge in [-0.05, 0) is 25.2 Å². The maximum Gasteiger partial charge on any atom is 0.124 e. The molecule has 0 atom stereocenters. The lowest BCUT2D eigenvalue weighted by Gasteiger charge is -2.16. The first-order valence-corrected chi connectivity index (χ1v) is 8.86. The first-order chi connectivity index (χ1) is 10.3. The molecule has 2 aromatic heterocycles.